The number of benzene rings is 1. The van der Waals surface area contributed by atoms with Gasteiger partial charge in [-0.05, 0) is 37.0 Å². The van der Waals surface area contributed by atoms with Crippen LogP contribution in [0.2, 0.25) is 10.0 Å². The van der Waals surface area contributed by atoms with Crippen LogP contribution in [0.15, 0.2) is 18.2 Å². The molecular formula is C16H20Cl2N2O2. The lowest BCUT2D eigenvalue weighted by molar-refractivity contribution is -0.136. The van der Waals surface area contributed by atoms with E-state index in [1.165, 1.54) is 0 Å². The van der Waals surface area contributed by atoms with Crippen molar-refractivity contribution in [1.29, 1.82) is 0 Å². The fourth-order valence-electron chi connectivity index (χ4n) is 2.39. The summed E-state index contributed by atoms with van der Waals surface area (Å²) in [7, 11) is 0. The summed E-state index contributed by atoms with van der Waals surface area (Å²) in [4.78, 5) is 26.1. The Balaban J connectivity index is 1.97. The lowest BCUT2D eigenvalue weighted by Gasteiger charge is -2.22. The van der Waals surface area contributed by atoms with E-state index in [0.29, 0.717) is 28.2 Å². The number of halogens is 2. The average molecular weight is 343 g/mol. The normalized spacial score (nSPS) is 19.6. The van der Waals surface area contributed by atoms with Gasteiger partial charge in [-0.1, -0.05) is 37.0 Å². The second-order valence-electron chi connectivity index (χ2n) is 5.75. The second-order valence-corrected chi connectivity index (χ2v) is 6.60. The van der Waals surface area contributed by atoms with E-state index >= 15 is 0 Å². The van der Waals surface area contributed by atoms with E-state index in [2.05, 4.69) is 12.2 Å². The minimum Gasteiger partial charge on any atom is -0.333 e. The molecule has 120 valence electrons. The van der Waals surface area contributed by atoms with Crippen LogP contribution in [-0.2, 0) is 9.59 Å². The van der Waals surface area contributed by atoms with Gasteiger partial charge in [0, 0.05) is 17.5 Å². The van der Waals surface area contributed by atoms with E-state index in [0.717, 1.165) is 12.8 Å². The van der Waals surface area contributed by atoms with Crippen LogP contribution in [0.1, 0.15) is 26.7 Å². The molecule has 2 unspecified atom stereocenters. The number of anilines is 1. The zero-order valence-corrected chi connectivity index (χ0v) is 14.2. The highest BCUT2D eigenvalue weighted by Gasteiger charge is 2.41. The van der Waals surface area contributed by atoms with Crippen LogP contribution in [0.4, 0.5) is 5.69 Å². The summed E-state index contributed by atoms with van der Waals surface area (Å²) in [6.07, 6.45) is 1.74. The SMILES string of the molecule is CCCN(CC(=O)Nc1ccc(Cl)cc1Cl)C(=O)C1CC1C. The number of nitrogens with one attached hydrogen (secondary N) is 1. The molecule has 0 spiro atoms. The summed E-state index contributed by atoms with van der Waals surface area (Å²) in [5.74, 6) is 0.338. The van der Waals surface area contributed by atoms with Gasteiger partial charge in [-0.25, -0.2) is 0 Å². The summed E-state index contributed by atoms with van der Waals surface area (Å²) in [5.41, 5.74) is 0.500. The largest absolute Gasteiger partial charge is 0.333 e. The van der Waals surface area contributed by atoms with Crippen LogP contribution in [-0.4, -0.2) is 29.8 Å². The van der Waals surface area contributed by atoms with Crippen LogP contribution in [0.5, 0.6) is 0 Å². The van der Waals surface area contributed by atoms with Gasteiger partial charge in [0.2, 0.25) is 11.8 Å². The van der Waals surface area contributed by atoms with E-state index in [1.807, 2.05) is 6.92 Å². The van der Waals surface area contributed by atoms with E-state index in [4.69, 9.17) is 23.2 Å². The maximum atomic E-state index is 12.3. The van der Waals surface area contributed by atoms with Gasteiger partial charge in [0.25, 0.3) is 0 Å². The molecule has 1 aromatic rings. The van der Waals surface area contributed by atoms with Crippen LogP contribution in [0, 0.1) is 11.8 Å². The average Bonchev–Trinajstić information content (AvgIpc) is 3.18. The molecule has 0 aromatic heterocycles. The van der Waals surface area contributed by atoms with Gasteiger partial charge in [-0.15, -0.1) is 0 Å². The molecule has 1 saturated carbocycles. The van der Waals surface area contributed by atoms with E-state index in [9.17, 15) is 9.59 Å². The molecule has 0 saturated heterocycles. The Morgan fingerprint density at radius 2 is 2.05 bits per heavy atom. The number of carbonyl (C=O) groups excluding carboxylic acids is 2. The molecule has 0 bridgehead atoms. The van der Waals surface area contributed by atoms with Gasteiger partial charge < -0.3 is 10.2 Å². The van der Waals surface area contributed by atoms with Gasteiger partial charge in [0.05, 0.1) is 17.3 Å². The number of nitrogens with zero attached hydrogens (tertiary/aromatic N) is 1. The Kier molecular flexibility index (Phi) is 5.70. The Labute approximate surface area is 140 Å². The van der Waals surface area contributed by atoms with Gasteiger partial charge in [-0.3, -0.25) is 9.59 Å². The molecule has 0 radical (unpaired) electrons. The van der Waals surface area contributed by atoms with Crippen molar-refractivity contribution in [1.82, 2.24) is 4.90 Å². The van der Waals surface area contributed by atoms with E-state index in [-0.39, 0.29) is 24.3 Å². The standard InChI is InChI=1S/C16H20Cl2N2O2/c1-3-6-20(16(22)12-7-10(12)2)9-15(21)19-14-5-4-11(17)8-13(14)18/h4-5,8,10,12H,3,6-7,9H2,1-2H3,(H,19,21). The third kappa shape index (κ3) is 4.37. The zero-order chi connectivity index (χ0) is 16.3. The van der Waals surface area contributed by atoms with Crippen molar-refractivity contribution in [2.75, 3.05) is 18.4 Å². The molecule has 1 aromatic carbocycles. The van der Waals surface area contributed by atoms with E-state index < -0.39 is 0 Å². The van der Waals surface area contributed by atoms with Crippen molar-refractivity contribution in [2.24, 2.45) is 11.8 Å². The second kappa shape index (κ2) is 7.34. The van der Waals surface area contributed by atoms with Crippen LogP contribution in [0.25, 0.3) is 0 Å². The summed E-state index contributed by atoms with van der Waals surface area (Å²) in [5, 5.41) is 3.62. The fraction of sp³-hybridized carbons (Fsp3) is 0.500. The number of hydrogen-bond acceptors (Lipinski definition) is 2. The molecule has 1 N–H and O–H groups in total. The summed E-state index contributed by atoms with van der Waals surface area (Å²) >= 11 is 11.9. The van der Waals surface area contributed by atoms with Crippen molar-refractivity contribution in [2.45, 2.75) is 26.7 Å². The maximum Gasteiger partial charge on any atom is 0.244 e. The van der Waals surface area contributed by atoms with Crippen molar-refractivity contribution in [3.05, 3.63) is 28.2 Å². The lowest BCUT2D eigenvalue weighted by Crippen LogP contribution is -2.39. The highest BCUT2D eigenvalue weighted by Crippen LogP contribution is 2.39. The third-order valence-corrected chi connectivity index (χ3v) is 4.32. The molecular weight excluding hydrogens is 323 g/mol. The van der Waals surface area contributed by atoms with Gasteiger partial charge >= 0.3 is 0 Å². The Hall–Kier alpha value is -1.26. The topological polar surface area (TPSA) is 49.4 Å². The smallest absolute Gasteiger partial charge is 0.244 e. The van der Waals surface area contributed by atoms with Crippen LogP contribution in [0.3, 0.4) is 0 Å². The van der Waals surface area contributed by atoms with Crippen molar-refractivity contribution < 1.29 is 9.59 Å². The van der Waals surface area contributed by atoms with Gasteiger partial charge in [-0.2, -0.15) is 0 Å². The fourth-order valence-corrected chi connectivity index (χ4v) is 2.85. The molecule has 1 aliphatic carbocycles. The Morgan fingerprint density at radius 3 is 2.59 bits per heavy atom. The predicted molar refractivity (Wildman–Crippen MR) is 89.2 cm³/mol. The Bertz CT molecular complexity index is 577. The number of rotatable bonds is 6. The minimum atomic E-state index is -0.251. The molecule has 2 amide bonds. The first-order valence-electron chi connectivity index (χ1n) is 7.46. The summed E-state index contributed by atoms with van der Waals surface area (Å²) < 4.78 is 0. The molecule has 4 nitrogen and oxygen atoms in total. The Morgan fingerprint density at radius 1 is 1.36 bits per heavy atom. The van der Waals surface area contributed by atoms with Crippen molar-refractivity contribution in [3.8, 4) is 0 Å². The molecule has 2 atom stereocenters. The summed E-state index contributed by atoms with van der Waals surface area (Å²) in [6.45, 7) is 4.68. The number of carbonyl (C=O) groups is 2. The maximum absolute atomic E-state index is 12.3. The summed E-state index contributed by atoms with van der Waals surface area (Å²) in [6, 6.07) is 4.88. The van der Waals surface area contributed by atoms with Crippen molar-refractivity contribution >= 4 is 40.7 Å². The molecule has 1 fully saturated rings. The quantitative estimate of drug-likeness (QED) is 0.853. The third-order valence-electron chi connectivity index (χ3n) is 3.77. The first kappa shape index (κ1) is 17.1. The molecule has 0 heterocycles. The first-order chi connectivity index (χ1) is 10.4. The molecule has 6 heteroatoms. The van der Waals surface area contributed by atoms with Crippen molar-refractivity contribution in [3.63, 3.8) is 0 Å². The molecule has 0 aliphatic heterocycles. The lowest BCUT2D eigenvalue weighted by atomic mass is 10.2. The van der Waals surface area contributed by atoms with Gasteiger partial charge in [0.15, 0.2) is 0 Å². The number of amides is 2. The predicted octanol–water partition coefficient (Wildman–Crippen LogP) is 3.83. The van der Waals surface area contributed by atoms with Crippen LogP contribution < -0.4 is 5.32 Å². The monoisotopic (exact) mass is 342 g/mol. The highest BCUT2D eigenvalue weighted by atomic mass is 35.5. The zero-order valence-electron chi connectivity index (χ0n) is 12.7. The molecule has 22 heavy (non-hydrogen) atoms. The highest BCUT2D eigenvalue weighted by molar-refractivity contribution is 6.36. The molecule has 1 aliphatic rings. The van der Waals surface area contributed by atoms with Crippen LogP contribution >= 0.6 is 23.2 Å². The first-order valence-corrected chi connectivity index (χ1v) is 8.21. The number of hydrogen-bond donors (Lipinski definition) is 1. The minimum absolute atomic E-state index is 0.0504. The van der Waals surface area contributed by atoms with E-state index in [1.54, 1.807) is 23.1 Å². The molecule has 2 rings (SSSR count). The van der Waals surface area contributed by atoms with Gasteiger partial charge in [0.1, 0.15) is 0 Å².